The van der Waals surface area contributed by atoms with Gasteiger partial charge < -0.3 is 5.11 Å². The normalized spacial score (nSPS) is 9.87. The van der Waals surface area contributed by atoms with Gasteiger partial charge in [0.2, 0.25) is 0 Å². The first-order valence-corrected chi connectivity index (χ1v) is 4.25. The van der Waals surface area contributed by atoms with Crippen LogP contribution < -0.4 is 0 Å². The van der Waals surface area contributed by atoms with E-state index < -0.39 is 5.97 Å². The van der Waals surface area contributed by atoms with Crippen LogP contribution in [0.15, 0.2) is 36.7 Å². The molecule has 0 amide bonds. The molecule has 5 nitrogen and oxygen atoms in total. The topological polar surface area (TPSA) is 76.0 Å². The first-order valence-electron chi connectivity index (χ1n) is 4.25. The minimum absolute atomic E-state index is 0.0622. The van der Waals surface area contributed by atoms with E-state index in [-0.39, 0.29) is 5.69 Å². The van der Waals surface area contributed by atoms with Crippen molar-refractivity contribution in [3.8, 4) is 11.3 Å². The van der Waals surface area contributed by atoms with Crippen LogP contribution in [-0.2, 0) is 0 Å². The van der Waals surface area contributed by atoms with Gasteiger partial charge in [-0.25, -0.2) is 4.79 Å². The summed E-state index contributed by atoms with van der Waals surface area (Å²) in [4.78, 5) is 14.4. The summed E-state index contributed by atoms with van der Waals surface area (Å²) in [5.41, 5.74) is 1.42. The van der Waals surface area contributed by atoms with Crippen LogP contribution in [0.25, 0.3) is 11.3 Å². The Bertz CT molecular complexity index is 468. The summed E-state index contributed by atoms with van der Waals surface area (Å²) in [6, 6.07) is 6.60. The fourth-order valence-electron chi connectivity index (χ4n) is 1.12. The van der Waals surface area contributed by atoms with Gasteiger partial charge in [0, 0.05) is 18.0 Å². The second-order valence-electron chi connectivity index (χ2n) is 2.84. The molecule has 2 heterocycles. The van der Waals surface area contributed by atoms with Gasteiger partial charge >= 0.3 is 5.97 Å². The van der Waals surface area contributed by atoms with Gasteiger partial charge in [0.15, 0.2) is 5.69 Å². The zero-order valence-electron chi connectivity index (χ0n) is 7.66. The quantitative estimate of drug-likeness (QED) is 0.790. The summed E-state index contributed by atoms with van der Waals surface area (Å²) in [6.45, 7) is 0. The molecular weight excluding hydrogens is 194 g/mol. The van der Waals surface area contributed by atoms with Gasteiger partial charge in [-0.1, -0.05) is 0 Å². The van der Waals surface area contributed by atoms with Crippen molar-refractivity contribution in [1.82, 2.24) is 15.2 Å². The zero-order valence-corrected chi connectivity index (χ0v) is 7.66. The highest BCUT2D eigenvalue weighted by Crippen LogP contribution is 2.13. The lowest BCUT2D eigenvalue weighted by Gasteiger charge is -1.98. The van der Waals surface area contributed by atoms with E-state index >= 15 is 0 Å². The van der Waals surface area contributed by atoms with Crippen LogP contribution in [0.5, 0.6) is 0 Å². The Hall–Kier alpha value is -2.30. The van der Waals surface area contributed by atoms with E-state index in [9.17, 15) is 4.79 Å². The molecule has 5 heteroatoms. The molecule has 0 aliphatic heterocycles. The Balaban J connectivity index is 2.36. The van der Waals surface area contributed by atoms with Gasteiger partial charge in [0.05, 0.1) is 5.69 Å². The first-order chi connectivity index (χ1) is 7.27. The third kappa shape index (κ3) is 1.96. The molecule has 0 aromatic carbocycles. The van der Waals surface area contributed by atoms with Crippen LogP contribution >= 0.6 is 0 Å². The SMILES string of the molecule is O=C(O)c1ccc(-c2ccncc2)nn1. The molecule has 74 valence electrons. The van der Waals surface area contributed by atoms with E-state index in [0.29, 0.717) is 5.69 Å². The summed E-state index contributed by atoms with van der Waals surface area (Å²) in [5.74, 6) is -1.08. The average Bonchev–Trinajstić information content (AvgIpc) is 2.30. The van der Waals surface area contributed by atoms with Crippen molar-refractivity contribution in [1.29, 1.82) is 0 Å². The maximum absolute atomic E-state index is 10.5. The molecule has 1 N–H and O–H groups in total. The van der Waals surface area contributed by atoms with Crippen molar-refractivity contribution in [3.63, 3.8) is 0 Å². The highest BCUT2D eigenvalue weighted by molar-refractivity contribution is 5.85. The molecule has 2 aromatic rings. The number of pyridine rings is 1. The van der Waals surface area contributed by atoms with Gasteiger partial charge in [-0.15, -0.1) is 10.2 Å². The molecule has 2 aromatic heterocycles. The smallest absolute Gasteiger partial charge is 0.356 e. The van der Waals surface area contributed by atoms with Crippen LogP contribution in [0.4, 0.5) is 0 Å². The average molecular weight is 201 g/mol. The maximum Gasteiger partial charge on any atom is 0.356 e. The molecule has 0 atom stereocenters. The van der Waals surface area contributed by atoms with Gasteiger partial charge in [-0.2, -0.15) is 0 Å². The van der Waals surface area contributed by atoms with E-state index in [1.807, 2.05) is 0 Å². The standard InChI is InChI=1S/C10H7N3O2/c14-10(15)9-2-1-8(12-13-9)7-3-5-11-6-4-7/h1-6H,(H,14,15). The Morgan fingerprint density at radius 2 is 1.80 bits per heavy atom. The molecule has 0 saturated carbocycles. The highest BCUT2D eigenvalue weighted by Gasteiger charge is 2.05. The highest BCUT2D eigenvalue weighted by atomic mass is 16.4. The number of nitrogens with zero attached hydrogens (tertiary/aromatic N) is 3. The Morgan fingerprint density at radius 3 is 2.33 bits per heavy atom. The van der Waals surface area contributed by atoms with Crippen LogP contribution in [0.1, 0.15) is 10.5 Å². The van der Waals surface area contributed by atoms with E-state index in [0.717, 1.165) is 5.56 Å². The molecule has 2 rings (SSSR count). The van der Waals surface area contributed by atoms with Crippen LogP contribution in [0, 0.1) is 0 Å². The van der Waals surface area contributed by atoms with Gasteiger partial charge in [-0.05, 0) is 24.3 Å². The summed E-state index contributed by atoms with van der Waals surface area (Å²) in [7, 11) is 0. The van der Waals surface area contributed by atoms with Crippen LogP contribution in [0.2, 0.25) is 0 Å². The largest absolute Gasteiger partial charge is 0.476 e. The Labute approximate surface area is 85.4 Å². The Kier molecular flexibility index (Phi) is 2.37. The molecule has 15 heavy (non-hydrogen) atoms. The van der Waals surface area contributed by atoms with Gasteiger partial charge in [0.1, 0.15) is 0 Å². The monoisotopic (exact) mass is 201 g/mol. The summed E-state index contributed by atoms with van der Waals surface area (Å²) in [5, 5.41) is 16.0. The fourth-order valence-corrected chi connectivity index (χ4v) is 1.12. The summed E-state index contributed by atoms with van der Waals surface area (Å²) < 4.78 is 0. The first kappa shape index (κ1) is 9.26. The predicted octanol–water partition coefficient (Wildman–Crippen LogP) is 1.24. The number of carboxylic acids is 1. The zero-order chi connectivity index (χ0) is 10.7. The van der Waals surface area contributed by atoms with Crippen LogP contribution in [-0.4, -0.2) is 26.3 Å². The maximum atomic E-state index is 10.5. The molecule has 0 saturated heterocycles. The third-order valence-electron chi connectivity index (χ3n) is 1.86. The number of hydrogen-bond acceptors (Lipinski definition) is 4. The molecule has 0 fully saturated rings. The van der Waals surface area contributed by atoms with E-state index in [2.05, 4.69) is 15.2 Å². The Morgan fingerprint density at radius 1 is 1.07 bits per heavy atom. The summed E-state index contributed by atoms with van der Waals surface area (Å²) in [6.07, 6.45) is 3.28. The van der Waals surface area contributed by atoms with Crippen molar-refractivity contribution < 1.29 is 9.90 Å². The lowest BCUT2D eigenvalue weighted by atomic mass is 10.2. The summed E-state index contributed by atoms with van der Waals surface area (Å²) >= 11 is 0. The lowest BCUT2D eigenvalue weighted by molar-refractivity contribution is 0.0689. The van der Waals surface area contributed by atoms with Crippen LogP contribution in [0.3, 0.4) is 0 Å². The van der Waals surface area contributed by atoms with Crippen molar-refractivity contribution in [2.45, 2.75) is 0 Å². The number of aromatic nitrogens is 3. The minimum Gasteiger partial charge on any atom is -0.476 e. The van der Waals surface area contributed by atoms with E-state index in [1.165, 1.54) is 6.07 Å². The van der Waals surface area contributed by atoms with Gasteiger partial charge in [-0.3, -0.25) is 4.98 Å². The second kappa shape index (κ2) is 3.83. The molecule has 0 aliphatic carbocycles. The molecule has 0 aliphatic rings. The van der Waals surface area contributed by atoms with Crippen molar-refractivity contribution in [3.05, 3.63) is 42.4 Å². The fraction of sp³-hybridized carbons (Fsp3) is 0. The van der Waals surface area contributed by atoms with E-state index in [1.54, 1.807) is 30.6 Å². The number of hydrogen-bond donors (Lipinski definition) is 1. The second-order valence-corrected chi connectivity index (χ2v) is 2.84. The minimum atomic E-state index is -1.08. The van der Waals surface area contributed by atoms with Crippen molar-refractivity contribution in [2.75, 3.05) is 0 Å². The van der Waals surface area contributed by atoms with Crippen molar-refractivity contribution >= 4 is 5.97 Å². The van der Waals surface area contributed by atoms with Crippen molar-refractivity contribution in [2.24, 2.45) is 0 Å². The molecule has 0 bridgehead atoms. The predicted molar refractivity (Wildman–Crippen MR) is 52.2 cm³/mol. The van der Waals surface area contributed by atoms with E-state index in [4.69, 9.17) is 5.11 Å². The number of rotatable bonds is 2. The number of carbonyl (C=O) groups is 1. The third-order valence-corrected chi connectivity index (χ3v) is 1.86. The molecular formula is C10H7N3O2. The number of aromatic carboxylic acids is 1. The molecule has 0 unspecified atom stereocenters. The number of carboxylic acid groups (broad SMARTS) is 1. The molecule has 0 spiro atoms. The molecule has 0 radical (unpaired) electrons. The van der Waals surface area contributed by atoms with Gasteiger partial charge in [0.25, 0.3) is 0 Å². The lowest BCUT2D eigenvalue weighted by Crippen LogP contribution is -2.01.